The van der Waals surface area contributed by atoms with E-state index in [2.05, 4.69) is 18.3 Å². The second-order valence-corrected chi connectivity index (χ2v) is 6.34. The second-order valence-electron chi connectivity index (χ2n) is 6.34. The first-order chi connectivity index (χ1) is 8.04. The third-order valence-corrected chi connectivity index (χ3v) is 4.37. The highest BCUT2D eigenvalue weighted by Gasteiger charge is 2.31. The molecule has 1 fully saturated rings. The fourth-order valence-electron chi connectivity index (χ4n) is 2.85. The summed E-state index contributed by atoms with van der Waals surface area (Å²) in [5.41, 5.74) is 0.433. The van der Waals surface area contributed by atoms with Crippen LogP contribution in [0.15, 0.2) is 0 Å². The molecule has 2 heteroatoms. The van der Waals surface area contributed by atoms with E-state index in [1.54, 1.807) is 0 Å². The molecule has 0 bridgehead atoms. The van der Waals surface area contributed by atoms with Gasteiger partial charge in [0.2, 0.25) is 0 Å². The van der Waals surface area contributed by atoms with E-state index >= 15 is 0 Å². The fraction of sp³-hybridized carbons (Fsp3) is 0.933. The van der Waals surface area contributed by atoms with Gasteiger partial charge in [-0.15, -0.1) is 0 Å². The van der Waals surface area contributed by atoms with Gasteiger partial charge in [0.15, 0.2) is 0 Å². The van der Waals surface area contributed by atoms with E-state index < -0.39 is 0 Å². The standard InChI is InChI=1S/C15H28N2/c1-4-15(9-5-6-10-15)13-17-11-7-8-14(2,3)12-16/h17H,4-11,13H2,1-3H3. The van der Waals surface area contributed by atoms with E-state index in [9.17, 15) is 0 Å². The largest absolute Gasteiger partial charge is 0.316 e. The van der Waals surface area contributed by atoms with Crippen LogP contribution in [-0.2, 0) is 0 Å². The van der Waals surface area contributed by atoms with E-state index in [0.29, 0.717) is 5.41 Å². The molecule has 17 heavy (non-hydrogen) atoms. The van der Waals surface area contributed by atoms with Crippen molar-refractivity contribution in [3.63, 3.8) is 0 Å². The third-order valence-electron chi connectivity index (χ3n) is 4.37. The Balaban J connectivity index is 2.14. The van der Waals surface area contributed by atoms with Crippen LogP contribution in [-0.4, -0.2) is 13.1 Å². The highest BCUT2D eigenvalue weighted by molar-refractivity contribution is 4.91. The Kier molecular flexibility index (Phi) is 5.46. The number of nitrogens with one attached hydrogen (secondary N) is 1. The van der Waals surface area contributed by atoms with E-state index in [0.717, 1.165) is 19.4 Å². The maximum absolute atomic E-state index is 8.93. The molecule has 0 heterocycles. The Hall–Kier alpha value is -0.550. The summed E-state index contributed by atoms with van der Waals surface area (Å²) in [7, 11) is 0. The lowest BCUT2D eigenvalue weighted by Gasteiger charge is -2.28. The molecule has 0 saturated heterocycles. The van der Waals surface area contributed by atoms with Crippen LogP contribution in [0.3, 0.4) is 0 Å². The SMILES string of the molecule is CCC1(CNCCCC(C)(C)C#N)CCCC1. The van der Waals surface area contributed by atoms with Crippen LogP contribution in [0.25, 0.3) is 0 Å². The van der Waals surface area contributed by atoms with Crippen molar-refractivity contribution in [3.05, 3.63) is 0 Å². The monoisotopic (exact) mass is 236 g/mol. The molecule has 0 aromatic carbocycles. The predicted molar refractivity (Wildman–Crippen MR) is 72.7 cm³/mol. The Bertz CT molecular complexity index is 257. The molecule has 2 nitrogen and oxygen atoms in total. The molecule has 1 saturated carbocycles. The fourth-order valence-corrected chi connectivity index (χ4v) is 2.85. The van der Waals surface area contributed by atoms with Crippen LogP contribution >= 0.6 is 0 Å². The first-order valence-corrected chi connectivity index (χ1v) is 7.16. The summed E-state index contributed by atoms with van der Waals surface area (Å²) in [6, 6.07) is 2.36. The van der Waals surface area contributed by atoms with Crippen molar-refractivity contribution in [2.75, 3.05) is 13.1 Å². The third kappa shape index (κ3) is 4.68. The number of hydrogen-bond donors (Lipinski definition) is 1. The van der Waals surface area contributed by atoms with Crippen molar-refractivity contribution >= 4 is 0 Å². The predicted octanol–water partition coefficient (Wildman–Crippen LogP) is 3.88. The van der Waals surface area contributed by atoms with Crippen molar-refractivity contribution in [2.45, 2.75) is 65.7 Å². The molecule has 98 valence electrons. The van der Waals surface area contributed by atoms with Gasteiger partial charge in [-0.3, -0.25) is 0 Å². The zero-order valence-corrected chi connectivity index (χ0v) is 11.8. The van der Waals surface area contributed by atoms with Crippen molar-refractivity contribution in [1.82, 2.24) is 5.32 Å². The molecule has 0 aliphatic heterocycles. The first-order valence-electron chi connectivity index (χ1n) is 7.16. The highest BCUT2D eigenvalue weighted by Crippen LogP contribution is 2.40. The number of hydrogen-bond acceptors (Lipinski definition) is 2. The van der Waals surface area contributed by atoms with Gasteiger partial charge in [-0.2, -0.15) is 5.26 Å². The van der Waals surface area contributed by atoms with Crippen LogP contribution < -0.4 is 5.32 Å². The molecule has 0 atom stereocenters. The van der Waals surface area contributed by atoms with Gasteiger partial charge in [0.25, 0.3) is 0 Å². The highest BCUT2D eigenvalue weighted by atomic mass is 14.9. The van der Waals surface area contributed by atoms with Crippen LogP contribution in [0.5, 0.6) is 0 Å². The van der Waals surface area contributed by atoms with Gasteiger partial charge in [0, 0.05) is 6.54 Å². The number of rotatable bonds is 7. The van der Waals surface area contributed by atoms with Crippen molar-refractivity contribution in [3.8, 4) is 6.07 Å². The molecule has 0 amide bonds. The summed E-state index contributed by atoms with van der Waals surface area (Å²) >= 11 is 0. The van der Waals surface area contributed by atoms with Crippen molar-refractivity contribution in [1.29, 1.82) is 5.26 Å². The quantitative estimate of drug-likeness (QED) is 0.681. The zero-order chi connectivity index (χ0) is 12.8. The van der Waals surface area contributed by atoms with Gasteiger partial charge in [0.1, 0.15) is 0 Å². The lowest BCUT2D eigenvalue weighted by atomic mass is 9.83. The number of nitrogens with zero attached hydrogens (tertiary/aromatic N) is 1. The smallest absolute Gasteiger partial charge is 0.0683 e. The summed E-state index contributed by atoms with van der Waals surface area (Å²) in [6.45, 7) is 8.62. The molecule has 1 aliphatic rings. The minimum atomic E-state index is -0.155. The lowest BCUT2D eigenvalue weighted by molar-refractivity contribution is 0.266. The van der Waals surface area contributed by atoms with E-state index in [1.165, 1.54) is 38.6 Å². The molecular weight excluding hydrogens is 208 g/mol. The molecular formula is C15H28N2. The van der Waals surface area contributed by atoms with Gasteiger partial charge < -0.3 is 5.32 Å². The summed E-state index contributed by atoms with van der Waals surface area (Å²) < 4.78 is 0. The molecule has 0 radical (unpaired) electrons. The van der Waals surface area contributed by atoms with Crippen molar-refractivity contribution in [2.24, 2.45) is 10.8 Å². The van der Waals surface area contributed by atoms with Crippen LogP contribution in [0, 0.1) is 22.2 Å². The van der Waals surface area contributed by atoms with Gasteiger partial charge in [-0.05, 0) is 57.9 Å². The summed E-state index contributed by atoms with van der Waals surface area (Å²) in [5, 5.41) is 12.5. The molecule has 0 aromatic heterocycles. The van der Waals surface area contributed by atoms with Gasteiger partial charge in [-0.25, -0.2) is 0 Å². The normalized spacial score (nSPS) is 19.2. The summed E-state index contributed by atoms with van der Waals surface area (Å²) in [6.07, 6.45) is 9.05. The molecule has 1 rings (SSSR count). The number of nitriles is 1. The first kappa shape index (κ1) is 14.5. The molecule has 1 N–H and O–H groups in total. The minimum absolute atomic E-state index is 0.155. The average molecular weight is 236 g/mol. The Morgan fingerprint density at radius 1 is 1.29 bits per heavy atom. The van der Waals surface area contributed by atoms with Crippen LogP contribution in [0.2, 0.25) is 0 Å². The van der Waals surface area contributed by atoms with E-state index in [4.69, 9.17) is 5.26 Å². The Labute approximate surface area is 107 Å². The van der Waals surface area contributed by atoms with Crippen molar-refractivity contribution < 1.29 is 0 Å². The Morgan fingerprint density at radius 3 is 2.47 bits per heavy atom. The van der Waals surface area contributed by atoms with Gasteiger partial charge in [0.05, 0.1) is 11.5 Å². The van der Waals surface area contributed by atoms with Crippen LogP contribution in [0.1, 0.15) is 65.7 Å². The zero-order valence-electron chi connectivity index (χ0n) is 11.8. The summed E-state index contributed by atoms with van der Waals surface area (Å²) in [4.78, 5) is 0. The van der Waals surface area contributed by atoms with E-state index in [1.807, 2.05) is 13.8 Å². The Morgan fingerprint density at radius 2 is 1.94 bits per heavy atom. The molecule has 0 spiro atoms. The molecule has 0 unspecified atom stereocenters. The second kappa shape index (κ2) is 6.40. The minimum Gasteiger partial charge on any atom is -0.316 e. The maximum atomic E-state index is 8.93. The summed E-state index contributed by atoms with van der Waals surface area (Å²) in [5.74, 6) is 0. The topological polar surface area (TPSA) is 35.8 Å². The van der Waals surface area contributed by atoms with Crippen LogP contribution in [0.4, 0.5) is 0 Å². The average Bonchev–Trinajstić information content (AvgIpc) is 2.78. The van der Waals surface area contributed by atoms with E-state index in [-0.39, 0.29) is 5.41 Å². The van der Waals surface area contributed by atoms with Gasteiger partial charge >= 0.3 is 0 Å². The molecule has 0 aromatic rings. The lowest BCUT2D eigenvalue weighted by Crippen LogP contribution is -2.32. The maximum Gasteiger partial charge on any atom is 0.0683 e. The molecule has 1 aliphatic carbocycles. The van der Waals surface area contributed by atoms with Gasteiger partial charge in [-0.1, -0.05) is 19.8 Å².